The van der Waals surface area contributed by atoms with E-state index in [1.807, 2.05) is 46.1 Å². The molecule has 2 heterocycles. The van der Waals surface area contributed by atoms with Gasteiger partial charge in [0, 0.05) is 18.3 Å². The first kappa shape index (κ1) is 18.1. The molecule has 26 heavy (non-hydrogen) atoms. The fraction of sp³-hybridized carbons (Fsp3) is 0.350. The predicted molar refractivity (Wildman–Crippen MR) is 101 cm³/mol. The fourth-order valence-electron chi connectivity index (χ4n) is 3.03. The molecule has 0 spiro atoms. The van der Waals surface area contributed by atoms with Gasteiger partial charge < -0.3 is 14.7 Å². The van der Waals surface area contributed by atoms with Crippen LogP contribution in [0.15, 0.2) is 40.9 Å². The van der Waals surface area contributed by atoms with E-state index in [2.05, 4.69) is 32.5 Å². The van der Waals surface area contributed by atoms with E-state index in [9.17, 15) is 4.79 Å². The normalized spacial score (nSPS) is 12.5. The number of aromatic nitrogens is 2. The number of pyridine rings is 1. The lowest BCUT2D eigenvalue weighted by molar-refractivity contribution is 0.0943. The van der Waals surface area contributed by atoms with Crippen molar-refractivity contribution >= 4 is 17.0 Å². The lowest BCUT2D eigenvalue weighted by Crippen LogP contribution is -2.41. The molecule has 0 aliphatic heterocycles. The number of nitrogens with zero attached hydrogens (tertiary/aromatic N) is 3. The third-order valence-electron chi connectivity index (χ3n) is 4.53. The van der Waals surface area contributed by atoms with Gasteiger partial charge in [0.25, 0.3) is 11.6 Å². The highest BCUT2D eigenvalue weighted by molar-refractivity contribution is 6.06. The van der Waals surface area contributed by atoms with E-state index >= 15 is 0 Å². The average molecular weight is 352 g/mol. The lowest BCUT2D eigenvalue weighted by Gasteiger charge is -2.25. The van der Waals surface area contributed by atoms with Crippen molar-refractivity contribution < 1.29 is 9.32 Å². The minimum atomic E-state index is -0.133. The molecule has 3 aromatic rings. The van der Waals surface area contributed by atoms with Gasteiger partial charge in [-0.3, -0.25) is 4.79 Å². The second-order valence-corrected chi connectivity index (χ2v) is 6.78. The van der Waals surface area contributed by atoms with Crippen LogP contribution in [0.25, 0.3) is 11.1 Å². The Morgan fingerprint density at radius 3 is 2.65 bits per heavy atom. The zero-order chi connectivity index (χ0) is 18.7. The molecule has 0 aliphatic rings. The first-order chi connectivity index (χ1) is 12.5. The third-order valence-corrected chi connectivity index (χ3v) is 4.53. The van der Waals surface area contributed by atoms with Crippen LogP contribution in [0.5, 0.6) is 0 Å². The summed E-state index contributed by atoms with van der Waals surface area (Å²) in [5.74, 6) is -0.133. The minimum Gasteiger partial charge on any atom is -0.350 e. The Kier molecular flexibility index (Phi) is 5.32. The molecule has 6 nitrogen and oxygen atoms in total. The molecule has 0 saturated carbocycles. The SMILES string of the molecule is Cc1cc(C(=O)NC[C@H](Cc2ccccc2)N(C)C)c2c(C)noc2n1. The van der Waals surface area contributed by atoms with E-state index in [1.165, 1.54) is 5.56 Å². The van der Waals surface area contributed by atoms with Crippen LogP contribution in [-0.2, 0) is 6.42 Å². The number of carbonyl (C=O) groups is 1. The second-order valence-electron chi connectivity index (χ2n) is 6.78. The molecule has 0 unspecified atom stereocenters. The number of likely N-dealkylation sites (N-methyl/N-ethyl adjacent to an activating group) is 1. The van der Waals surface area contributed by atoms with Gasteiger partial charge in [-0.15, -0.1) is 0 Å². The minimum absolute atomic E-state index is 0.133. The van der Waals surface area contributed by atoms with Gasteiger partial charge in [0.15, 0.2) is 0 Å². The smallest absolute Gasteiger partial charge is 0.258 e. The first-order valence-corrected chi connectivity index (χ1v) is 8.68. The molecule has 1 atom stereocenters. The number of nitrogens with one attached hydrogen (secondary N) is 1. The zero-order valence-corrected chi connectivity index (χ0v) is 15.6. The van der Waals surface area contributed by atoms with Gasteiger partial charge in [-0.05, 0) is 46.0 Å². The number of aryl methyl sites for hydroxylation is 2. The van der Waals surface area contributed by atoms with Crippen LogP contribution in [0, 0.1) is 13.8 Å². The fourth-order valence-corrected chi connectivity index (χ4v) is 3.03. The van der Waals surface area contributed by atoms with Gasteiger partial charge >= 0.3 is 0 Å². The third kappa shape index (κ3) is 3.91. The van der Waals surface area contributed by atoms with Crippen LogP contribution in [0.2, 0.25) is 0 Å². The summed E-state index contributed by atoms with van der Waals surface area (Å²) in [5.41, 5.74) is 3.61. The molecular formula is C20H24N4O2. The van der Waals surface area contributed by atoms with Crippen molar-refractivity contribution in [1.29, 1.82) is 0 Å². The average Bonchev–Trinajstić information content (AvgIpc) is 2.99. The summed E-state index contributed by atoms with van der Waals surface area (Å²) in [6, 6.07) is 12.3. The Bertz CT molecular complexity index is 903. The number of hydrogen-bond donors (Lipinski definition) is 1. The van der Waals surface area contributed by atoms with Crippen LogP contribution in [0.4, 0.5) is 0 Å². The summed E-state index contributed by atoms with van der Waals surface area (Å²) in [4.78, 5) is 19.2. The number of benzene rings is 1. The van der Waals surface area contributed by atoms with Crippen molar-refractivity contribution in [2.75, 3.05) is 20.6 Å². The maximum Gasteiger partial charge on any atom is 0.258 e. The number of amides is 1. The van der Waals surface area contributed by atoms with E-state index in [-0.39, 0.29) is 11.9 Å². The van der Waals surface area contributed by atoms with Crippen molar-refractivity contribution in [2.24, 2.45) is 0 Å². The maximum absolute atomic E-state index is 12.8. The van der Waals surface area contributed by atoms with Crippen LogP contribution in [0.1, 0.15) is 27.3 Å². The largest absolute Gasteiger partial charge is 0.350 e. The topological polar surface area (TPSA) is 71.3 Å². The number of rotatable bonds is 6. The van der Waals surface area contributed by atoms with Gasteiger partial charge in [-0.25, -0.2) is 4.98 Å². The summed E-state index contributed by atoms with van der Waals surface area (Å²) in [7, 11) is 4.05. The lowest BCUT2D eigenvalue weighted by atomic mass is 10.0. The van der Waals surface area contributed by atoms with Crippen molar-refractivity contribution in [3.63, 3.8) is 0 Å². The predicted octanol–water partition coefficient (Wildman–Crippen LogP) is 2.74. The van der Waals surface area contributed by atoms with Gasteiger partial charge in [0.1, 0.15) is 0 Å². The van der Waals surface area contributed by atoms with E-state index in [0.29, 0.717) is 28.9 Å². The van der Waals surface area contributed by atoms with Crippen molar-refractivity contribution in [3.05, 3.63) is 58.9 Å². The van der Waals surface area contributed by atoms with E-state index < -0.39 is 0 Å². The highest BCUT2D eigenvalue weighted by Gasteiger charge is 2.19. The van der Waals surface area contributed by atoms with Crippen LogP contribution in [0.3, 0.4) is 0 Å². The zero-order valence-electron chi connectivity index (χ0n) is 15.6. The molecular weight excluding hydrogens is 328 g/mol. The number of carbonyl (C=O) groups excluding carboxylic acids is 1. The molecule has 1 N–H and O–H groups in total. The Hall–Kier alpha value is -2.73. The molecule has 0 radical (unpaired) electrons. The quantitative estimate of drug-likeness (QED) is 0.739. The van der Waals surface area contributed by atoms with Crippen molar-refractivity contribution in [1.82, 2.24) is 20.4 Å². The molecule has 136 valence electrons. The van der Waals surface area contributed by atoms with E-state index in [1.54, 1.807) is 6.07 Å². The highest BCUT2D eigenvalue weighted by atomic mass is 16.5. The summed E-state index contributed by atoms with van der Waals surface area (Å²) in [6.45, 7) is 4.21. The first-order valence-electron chi connectivity index (χ1n) is 8.68. The molecule has 1 aromatic carbocycles. The molecule has 6 heteroatoms. The van der Waals surface area contributed by atoms with Gasteiger partial charge in [-0.1, -0.05) is 35.5 Å². The van der Waals surface area contributed by atoms with Crippen molar-refractivity contribution in [3.8, 4) is 0 Å². The summed E-state index contributed by atoms with van der Waals surface area (Å²) < 4.78 is 5.21. The molecule has 2 aromatic heterocycles. The van der Waals surface area contributed by atoms with Crippen LogP contribution < -0.4 is 5.32 Å². The number of fused-ring (bicyclic) bond motifs is 1. The van der Waals surface area contributed by atoms with Crippen LogP contribution >= 0.6 is 0 Å². The summed E-state index contributed by atoms with van der Waals surface area (Å²) >= 11 is 0. The molecule has 0 bridgehead atoms. The van der Waals surface area contributed by atoms with Gasteiger partial charge in [0.05, 0.1) is 16.6 Å². The Balaban J connectivity index is 1.76. The monoisotopic (exact) mass is 352 g/mol. The maximum atomic E-state index is 12.8. The highest BCUT2D eigenvalue weighted by Crippen LogP contribution is 2.21. The number of hydrogen-bond acceptors (Lipinski definition) is 5. The summed E-state index contributed by atoms with van der Waals surface area (Å²) in [5, 5.41) is 7.67. The molecule has 0 fully saturated rings. The Morgan fingerprint density at radius 1 is 1.23 bits per heavy atom. The standard InChI is InChI=1S/C20H24N4O2/c1-13-10-17(18-14(2)23-26-20(18)22-13)19(25)21-12-16(24(3)4)11-15-8-6-5-7-9-15/h5-10,16H,11-12H2,1-4H3,(H,21,25)/t16-/m0/s1. The van der Waals surface area contributed by atoms with Gasteiger partial charge in [0.2, 0.25) is 0 Å². The molecule has 1 amide bonds. The molecule has 0 saturated heterocycles. The second kappa shape index (κ2) is 7.66. The van der Waals surface area contributed by atoms with Gasteiger partial charge in [-0.2, -0.15) is 0 Å². The molecule has 3 rings (SSSR count). The Morgan fingerprint density at radius 2 is 1.96 bits per heavy atom. The Labute approximate surface area is 153 Å². The summed E-state index contributed by atoms with van der Waals surface area (Å²) in [6.07, 6.45) is 0.866. The van der Waals surface area contributed by atoms with E-state index in [4.69, 9.17) is 4.52 Å². The van der Waals surface area contributed by atoms with E-state index in [0.717, 1.165) is 12.1 Å². The molecule has 0 aliphatic carbocycles. The van der Waals surface area contributed by atoms with Crippen molar-refractivity contribution in [2.45, 2.75) is 26.3 Å². The van der Waals surface area contributed by atoms with Crippen LogP contribution in [-0.4, -0.2) is 47.6 Å².